The van der Waals surface area contributed by atoms with Crippen LogP contribution in [-0.2, 0) is 10.9 Å². The molecule has 0 saturated carbocycles. The van der Waals surface area contributed by atoms with E-state index in [-0.39, 0.29) is 24.2 Å². The molecule has 2 heterocycles. The Kier molecular flexibility index (Phi) is 5.65. The van der Waals surface area contributed by atoms with Crippen LogP contribution in [0, 0.1) is 5.92 Å². The Balaban J connectivity index is 1.68. The van der Waals surface area contributed by atoms with Gasteiger partial charge < -0.3 is 15.4 Å². The second kappa shape index (κ2) is 8.20. The first kappa shape index (κ1) is 20.0. The SMILES string of the molecule is C=CCNC[C@H]1CC[C@@H]2[C@H](O1)c1cc(C(F)(F)F)ccc1N[C@H]2c1ccccc1. The average molecular weight is 402 g/mol. The van der Waals surface area contributed by atoms with Crippen LogP contribution < -0.4 is 10.6 Å². The lowest BCUT2D eigenvalue weighted by Crippen LogP contribution is -2.42. The summed E-state index contributed by atoms with van der Waals surface area (Å²) in [4.78, 5) is 0. The fourth-order valence-corrected chi connectivity index (χ4v) is 4.42. The molecule has 2 N–H and O–H groups in total. The molecule has 0 aliphatic carbocycles. The molecule has 0 spiro atoms. The first-order valence-electron chi connectivity index (χ1n) is 9.97. The van der Waals surface area contributed by atoms with E-state index in [1.807, 2.05) is 18.2 Å². The lowest BCUT2D eigenvalue weighted by atomic mass is 9.76. The number of ether oxygens (including phenoxy) is 1. The van der Waals surface area contributed by atoms with E-state index in [0.29, 0.717) is 24.3 Å². The number of alkyl halides is 3. The molecule has 6 heteroatoms. The molecule has 0 amide bonds. The Morgan fingerprint density at radius 3 is 2.66 bits per heavy atom. The topological polar surface area (TPSA) is 33.3 Å². The molecule has 1 saturated heterocycles. The normalized spacial score (nSPS) is 26.2. The molecule has 1 fully saturated rings. The highest BCUT2D eigenvalue weighted by atomic mass is 19.4. The summed E-state index contributed by atoms with van der Waals surface area (Å²) in [5, 5.41) is 6.75. The Labute approximate surface area is 169 Å². The van der Waals surface area contributed by atoms with Gasteiger partial charge >= 0.3 is 6.18 Å². The van der Waals surface area contributed by atoms with Crippen LogP contribution in [0.3, 0.4) is 0 Å². The second-order valence-electron chi connectivity index (χ2n) is 7.70. The number of benzene rings is 2. The van der Waals surface area contributed by atoms with Gasteiger partial charge in [0.2, 0.25) is 0 Å². The number of halogens is 3. The molecule has 0 bridgehead atoms. The van der Waals surface area contributed by atoms with Gasteiger partial charge in [-0.1, -0.05) is 36.4 Å². The molecule has 4 atom stereocenters. The van der Waals surface area contributed by atoms with Gasteiger partial charge in [0, 0.05) is 30.3 Å². The van der Waals surface area contributed by atoms with E-state index >= 15 is 0 Å². The maximum absolute atomic E-state index is 13.3. The summed E-state index contributed by atoms with van der Waals surface area (Å²) in [5.41, 5.74) is 1.81. The van der Waals surface area contributed by atoms with Gasteiger partial charge in [0.1, 0.15) is 0 Å². The highest BCUT2D eigenvalue weighted by molar-refractivity contribution is 5.58. The van der Waals surface area contributed by atoms with E-state index in [0.717, 1.165) is 24.5 Å². The van der Waals surface area contributed by atoms with Crippen LogP contribution in [0.1, 0.15) is 41.7 Å². The van der Waals surface area contributed by atoms with Gasteiger partial charge in [-0.25, -0.2) is 0 Å². The summed E-state index contributed by atoms with van der Waals surface area (Å²) in [5.74, 6) is 0.0732. The van der Waals surface area contributed by atoms with Gasteiger partial charge in [0.05, 0.1) is 23.8 Å². The van der Waals surface area contributed by atoms with Gasteiger partial charge in [0.25, 0.3) is 0 Å². The zero-order valence-electron chi connectivity index (χ0n) is 16.1. The first-order valence-corrected chi connectivity index (χ1v) is 9.97. The minimum Gasteiger partial charge on any atom is -0.378 e. The predicted molar refractivity (Wildman–Crippen MR) is 108 cm³/mol. The smallest absolute Gasteiger partial charge is 0.378 e. The van der Waals surface area contributed by atoms with Crippen LogP contribution in [0.5, 0.6) is 0 Å². The van der Waals surface area contributed by atoms with Crippen molar-refractivity contribution < 1.29 is 17.9 Å². The molecule has 0 aromatic heterocycles. The van der Waals surface area contributed by atoms with E-state index in [4.69, 9.17) is 4.74 Å². The van der Waals surface area contributed by atoms with Crippen LogP contribution in [0.15, 0.2) is 61.2 Å². The number of nitrogens with one attached hydrogen (secondary N) is 2. The standard InChI is InChI=1S/C23H25F3N2O/c1-2-12-27-14-17-9-10-18-21(15-6-4-3-5-7-15)28-20-11-8-16(23(24,25)26)13-19(20)22(18)29-17/h2-8,11,13,17-18,21-22,27-28H,1,9-10,12,14H2/t17-,18+,21+,22+/m1/s1. The molecule has 2 aromatic carbocycles. The van der Waals surface area contributed by atoms with Crippen LogP contribution in [0.4, 0.5) is 18.9 Å². The summed E-state index contributed by atoms with van der Waals surface area (Å²) < 4.78 is 46.4. The van der Waals surface area contributed by atoms with E-state index < -0.39 is 11.7 Å². The highest BCUT2D eigenvalue weighted by Crippen LogP contribution is 2.51. The Bertz CT molecular complexity index is 853. The van der Waals surface area contributed by atoms with Gasteiger partial charge in [-0.15, -0.1) is 6.58 Å². The van der Waals surface area contributed by atoms with E-state index in [2.05, 4.69) is 29.3 Å². The molecule has 0 radical (unpaired) electrons. The first-order chi connectivity index (χ1) is 14.0. The minimum absolute atomic E-state index is 0.00696. The number of hydrogen-bond acceptors (Lipinski definition) is 3. The van der Waals surface area contributed by atoms with Crippen molar-refractivity contribution >= 4 is 5.69 Å². The van der Waals surface area contributed by atoms with Crippen molar-refractivity contribution in [2.75, 3.05) is 18.4 Å². The molecule has 2 aromatic rings. The lowest BCUT2D eigenvalue weighted by Gasteiger charge is -2.46. The molecule has 2 aliphatic heterocycles. The van der Waals surface area contributed by atoms with Crippen LogP contribution in [0.2, 0.25) is 0 Å². The summed E-state index contributed by atoms with van der Waals surface area (Å²) in [7, 11) is 0. The third-order valence-electron chi connectivity index (χ3n) is 5.79. The second-order valence-corrected chi connectivity index (χ2v) is 7.70. The molecular formula is C23H25F3N2O. The Morgan fingerprint density at radius 1 is 1.14 bits per heavy atom. The number of rotatable bonds is 5. The van der Waals surface area contributed by atoms with Gasteiger partial charge in [-0.2, -0.15) is 13.2 Å². The predicted octanol–water partition coefficient (Wildman–Crippen LogP) is 5.48. The number of fused-ring (bicyclic) bond motifs is 3. The fourth-order valence-electron chi connectivity index (χ4n) is 4.42. The van der Waals surface area contributed by atoms with Gasteiger partial charge in [-0.3, -0.25) is 0 Å². The number of hydrogen-bond donors (Lipinski definition) is 2. The van der Waals surface area contributed by atoms with Crippen molar-refractivity contribution in [3.05, 3.63) is 77.9 Å². The monoisotopic (exact) mass is 402 g/mol. The molecular weight excluding hydrogens is 377 g/mol. The molecule has 0 unspecified atom stereocenters. The quantitative estimate of drug-likeness (QED) is 0.513. The van der Waals surface area contributed by atoms with Crippen LogP contribution >= 0.6 is 0 Å². The number of anilines is 1. The molecule has 4 rings (SSSR count). The van der Waals surface area contributed by atoms with Crippen molar-refractivity contribution in [3.63, 3.8) is 0 Å². The van der Waals surface area contributed by atoms with Gasteiger partial charge in [0.15, 0.2) is 0 Å². The summed E-state index contributed by atoms with van der Waals surface area (Å²) in [6.45, 7) is 5.03. The van der Waals surface area contributed by atoms with Crippen molar-refractivity contribution in [3.8, 4) is 0 Å². The van der Waals surface area contributed by atoms with E-state index in [9.17, 15) is 13.2 Å². The lowest BCUT2D eigenvalue weighted by molar-refractivity contribution is -0.138. The Morgan fingerprint density at radius 2 is 1.93 bits per heavy atom. The third kappa shape index (κ3) is 4.19. The minimum atomic E-state index is -4.37. The zero-order chi connectivity index (χ0) is 20.4. The van der Waals surface area contributed by atoms with E-state index in [1.54, 1.807) is 6.08 Å². The van der Waals surface area contributed by atoms with Gasteiger partial charge in [-0.05, 0) is 36.6 Å². The van der Waals surface area contributed by atoms with Crippen LogP contribution in [0.25, 0.3) is 0 Å². The maximum Gasteiger partial charge on any atom is 0.416 e. The van der Waals surface area contributed by atoms with Crippen molar-refractivity contribution in [2.45, 2.75) is 37.3 Å². The average Bonchev–Trinajstić information content (AvgIpc) is 2.73. The van der Waals surface area contributed by atoms with Crippen molar-refractivity contribution in [1.29, 1.82) is 0 Å². The summed E-state index contributed by atoms with van der Waals surface area (Å²) in [6, 6.07) is 14.0. The summed E-state index contributed by atoms with van der Waals surface area (Å²) in [6.07, 6.45) is -1.25. The van der Waals surface area contributed by atoms with E-state index in [1.165, 1.54) is 12.1 Å². The molecule has 29 heavy (non-hydrogen) atoms. The zero-order valence-corrected chi connectivity index (χ0v) is 16.1. The largest absolute Gasteiger partial charge is 0.416 e. The van der Waals surface area contributed by atoms with Crippen LogP contribution in [-0.4, -0.2) is 19.2 Å². The molecule has 154 valence electrons. The fraction of sp³-hybridized carbons (Fsp3) is 0.391. The molecule has 2 aliphatic rings. The maximum atomic E-state index is 13.3. The van der Waals surface area contributed by atoms with Crippen molar-refractivity contribution in [1.82, 2.24) is 5.32 Å². The molecule has 3 nitrogen and oxygen atoms in total. The Hall–Kier alpha value is -2.31. The third-order valence-corrected chi connectivity index (χ3v) is 5.79. The summed E-state index contributed by atoms with van der Waals surface area (Å²) >= 11 is 0. The highest BCUT2D eigenvalue weighted by Gasteiger charge is 2.43. The van der Waals surface area contributed by atoms with Crippen molar-refractivity contribution in [2.24, 2.45) is 5.92 Å².